The monoisotopic (exact) mass is 246 g/mol. The van der Waals surface area contributed by atoms with Crippen LogP contribution in [0.4, 0.5) is 0 Å². The first-order valence-electron chi connectivity index (χ1n) is 6.78. The van der Waals surface area contributed by atoms with Gasteiger partial charge in [-0.1, -0.05) is 38.1 Å². The average molecular weight is 246 g/mol. The van der Waals surface area contributed by atoms with E-state index in [1.807, 2.05) is 11.8 Å². The minimum Gasteiger partial charge on any atom is -0.338 e. The highest BCUT2D eigenvalue weighted by Gasteiger charge is 2.23. The SMILES string of the molecule is CCNCC(C)C(=O)N1CCc2ccccc2C1. The van der Waals surface area contributed by atoms with Crippen molar-refractivity contribution < 1.29 is 4.79 Å². The standard InChI is InChI=1S/C15H22N2O/c1-3-16-10-12(2)15(18)17-9-8-13-6-4-5-7-14(13)11-17/h4-7,12,16H,3,8-11H2,1-2H3. The van der Waals surface area contributed by atoms with Crippen LogP contribution in [0.5, 0.6) is 0 Å². The molecule has 3 heteroatoms. The molecule has 1 heterocycles. The Bertz CT molecular complexity index is 417. The molecule has 0 aromatic heterocycles. The Balaban J connectivity index is 1.98. The molecule has 2 rings (SSSR count). The van der Waals surface area contributed by atoms with E-state index in [1.54, 1.807) is 0 Å². The zero-order valence-corrected chi connectivity index (χ0v) is 11.3. The van der Waals surface area contributed by atoms with Crippen molar-refractivity contribution in [2.24, 2.45) is 5.92 Å². The molecule has 1 aromatic carbocycles. The first-order chi connectivity index (χ1) is 8.72. The van der Waals surface area contributed by atoms with E-state index >= 15 is 0 Å². The molecule has 0 bridgehead atoms. The largest absolute Gasteiger partial charge is 0.338 e. The molecule has 1 aromatic rings. The van der Waals surface area contributed by atoms with E-state index in [2.05, 4.69) is 36.5 Å². The molecule has 18 heavy (non-hydrogen) atoms. The lowest BCUT2D eigenvalue weighted by molar-refractivity contribution is -0.135. The average Bonchev–Trinajstić information content (AvgIpc) is 2.43. The number of hydrogen-bond acceptors (Lipinski definition) is 2. The van der Waals surface area contributed by atoms with Gasteiger partial charge in [-0.05, 0) is 24.1 Å². The smallest absolute Gasteiger partial charge is 0.226 e. The highest BCUT2D eigenvalue weighted by atomic mass is 16.2. The molecule has 0 fully saturated rings. The van der Waals surface area contributed by atoms with Crippen molar-refractivity contribution in [3.8, 4) is 0 Å². The Morgan fingerprint density at radius 3 is 2.83 bits per heavy atom. The molecule has 3 nitrogen and oxygen atoms in total. The maximum atomic E-state index is 12.3. The number of nitrogens with one attached hydrogen (secondary N) is 1. The van der Waals surface area contributed by atoms with Gasteiger partial charge < -0.3 is 10.2 Å². The van der Waals surface area contributed by atoms with E-state index in [9.17, 15) is 4.79 Å². The second-order valence-electron chi connectivity index (χ2n) is 4.99. The van der Waals surface area contributed by atoms with Gasteiger partial charge in [0.05, 0.1) is 0 Å². The molecule has 0 aliphatic carbocycles. The van der Waals surface area contributed by atoms with E-state index in [1.165, 1.54) is 11.1 Å². The van der Waals surface area contributed by atoms with Gasteiger partial charge in [-0.15, -0.1) is 0 Å². The third kappa shape index (κ3) is 2.91. The van der Waals surface area contributed by atoms with E-state index < -0.39 is 0 Å². The molecule has 1 unspecified atom stereocenters. The summed E-state index contributed by atoms with van der Waals surface area (Å²) >= 11 is 0. The zero-order chi connectivity index (χ0) is 13.0. The van der Waals surface area contributed by atoms with Crippen LogP contribution >= 0.6 is 0 Å². The van der Waals surface area contributed by atoms with Crippen LogP contribution in [0.1, 0.15) is 25.0 Å². The first-order valence-corrected chi connectivity index (χ1v) is 6.78. The number of rotatable bonds is 4. The number of fused-ring (bicyclic) bond motifs is 1. The van der Waals surface area contributed by atoms with Crippen LogP contribution < -0.4 is 5.32 Å². The second-order valence-corrected chi connectivity index (χ2v) is 4.99. The molecule has 0 radical (unpaired) electrons. The summed E-state index contributed by atoms with van der Waals surface area (Å²) in [5.74, 6) is 0.334. The fourth-order valence-corrected chi connectivity index (χ4v) is 2.44. The number of nitrogens with zero attached hydrogens (tertiary/aromatic N) is 1. The van der Waals surface area contributed by atoms with Gasteiger partial charge in [0, 0.05) is 25.6 Å². The van der Waals surface area contributed by atoms with E-state index in [-0.39, 0.29) is 11.8 Å². The van der Waals surface area contributed by atoms with Crippen LogP contribution in [-0.4, -0.2) is 30.4 Å². The number of carbonyl (C=O) groups excluding carboxylic acids is 1. The molecular formula is C15H22N2O. The lowest BCUT2D eigenvalue weighted by atomic mass is 9.98. The fourth-order valence-electron chi connectivity index (χ4n) is 2.44. The predicted molar refractivity (Wildman–Crippen MR) is 73.3 cm³/mol. The van der Waals surface area contributed by atoms with Crippen molar-refractivity contribution in [2.75, 3.05) is 19.6 Å². The lowest BCUT2D eigenvalue weighted by Gasteiger charge is -2.31. The van der Waals surface area contributed by atoms with Crippen LogP contribution in [0.25, 0.3) is 0 Å². The normalized spacial score (nSPS) is 16.2. The maximum Gasteiger partial charge on any atom is 0.226 e. The Morgan fingerprint density at radius 1 is 1.39 bits per heavy atom. The van der Waals surface area contributed by atoms with Crippen molar-refractivity contribution in [1.29, 1.82) is 0 Å². The van der Waals surface area contributed by atoms with Crippen molar-refractivity contribution in [2.45, 2.75) is 26.8 Å². The quantitative estimate of drug-likeness (QED) is 0.879. The van der Waals surface area contributed by atoms with Crippen LogP contribution in [0.15, 0.2) is 24.3 Å². The second kappa shape index (κ2) is 6.01. The Hall–Kier alpha value is -1.35. The first kappa shape index (κ1) is 13.1. The Morgan fingerprint density at radius 2 is 2.11 bits per heavy atom. The zero-order valence-electron chi connectivity index (χ0n) is 11.3. The predicted octanol–water partition coefficient (Wildman–Crippen LogP) is 1.82. The van der Waals surface area contributed by atoms with Gasteiger partial charge in [0.2, 0.25) is 5.91 Å². The highest BCUT2D eigenvalue weighted by Crippen LogP contribution is 2.19. The maximum absolute atomic E-state index is 12.3. The summed E-state index contributed by atoms with van der Waals surface area (Å²) < 4.78 is 0. The molecule has 0 saturated heterocycles. The minimum absolute atomic E-state index is 0.0650. The lowest BCUT2D eigenvalue weighted by Crippen LogP contribution is -2.41. The van der Waals surface area contributed by atoms with Crippen molar-refractivity contribution in [1.82, 2.24) is 10.2 Å². The number of carbonyl (C=O) groups is 1. The summed E-state index contributed by atoms with van der Waals surface area (Å²) in [4.78, 5) is 14.3. The topological polar surface area (TPSA) is 32.3 Å². The van der Waals surface area contributed by atoms with E-state index in [0.29, 0.717) is 0 Å². The molecule has 0 saturated carbocycles. The summed E-state index contributed by atoms with van der Waals surface area (Å²) in [7, 11) is 0. The minimum atomic E-state index is 0.0650. The van der Waals surface area contributed by atoms with Gasteiger partial charge in [0.15, 0.2) is 0 Å². The van der Waals surface area contributed by atoms with Gasteiger partial charge in [0.25, 0.3) is 0 Å². The Labute approximate surface area is 109 Å². The van der Waals surface area contributed by atoms with Crippen LogP contribution in [-0.2, 0) is 17.8 Å². The fraction of sp³-hybridized carbons (Fsp3) is 0.533. The summed E-state index contributed by atoms with van der Waals surface area (Å²) in [5.41, 5.74) is 2.69. The number of hydrogen-bond donors (Lipinski definition) is 1. The molecule has 1 atom stereocenters. The van der Waals surface area contributed by atoms with Gasteiger partial charge in [-0.25, -0.2) is 0 Å². The van der Waals surface area contributed by atoms with E-state index in [4.69, 9.17) is 0 Å². The molecule has 1 amide bonds. The third-order valence-corrected chi connectivity index (χ3v) is 3.56. The van der Waals surface area contributed by atoms with Gasteiger partial charge >= 0.3 is 0 Å². The summed E-state index contributed by atoms with van der Waals surface area (Å²) in [6.45, 7) is 7.38. The molecule has 98 valence electrons. The molecule has 1 N–H and O–H groups in total. The molecule has 1 aliphatic rings. The third-order valence-electron chi connectivity index (χ3n) is 3.56. The van der Waals surface area contributed by atoms with Gasteiger partial charge in [0.1, 0.15) is 0 Å². The summed E-state index contributed by atoms with van der Waals surface area (Å²) in [5, 5.41) is 3.24. The molecular weight excluding hydrogens is 224 g/mol. The van der Waals surface area contributed by atoms with Crippen molar-refractivity contribution in [3.63, 3.8) is 0 Å². The number of benzene rings is 1. The number of amides is 1. The van der Waals surface area contributed by atoms with Crippen molar-refractivity contribution >= 4 is 5.91 Å². The van der Waals surface area contributed by atoms with Crippen molar-refractivity contribution in [3.05, 3.63) is 35.4 Å². The molecule has 1 aliphatic heterocycles. The van der Waals surface area contributed by atoms with Gasteiger partial charge in [-0.2, -0.15) is 0 Å². The van der Waals surface area contributed by atoms with Crippen LogP contribution in [0.3, 0.4) is 0 Å². The van der Waals surface area contributed by atoms with Crippen LogP contribution in [0, 0.1) is 5.92 Å². The highest BCUT2D eigenvalue weighted by molar-refractivity contribution is 5.79. The Kier molecular flexibility index (Phi) is 4.37. The molecule has 0 spiro atoms. The van der Waals surface area contributed by atoms with Crippen LogP contribution in [0.2, 0.25) is 0 Å². The summed E-state index contributed by atoms with van der Waals surface area (Å²) in [6, 6.07) is 8.42. The summed E-state index contributed by atoms with van der Waals surface area (Å²) in [6.07, 6.45) is 0.982. The van der Waals surface area contributed by atoms with Gasteiger partial charge in [-0.3, -0.25) is 4.79 Å². The van der Waals surface area contributed by atoms with E-state index in [0.717, 1.165) is 32.6 Å².